The Hall–Kier alpha value is -0.420. The Morgan fingerprint density at radius 1 is 1.37 bits per heavy atom. The van der Waals surface area contributed by atoms with Crippen LogP contribution in [0.4, 0.5) is 0 Å². The van der Waals surface area contributed by atoms with Crippen LogP contribution in [0.1, 0.15) is 5.56 Å². The summed E-state index contributed by atoms with van der Waals surface area (Å²) in [7, 11) is 1.63. The van der Waals surface area contributed by atoms with Crippen LogP contribution in [0.5, 0.6) is 5.75 Å². The first-order valence-corrected chi connectivity index (χ1v) is 8.16. The van der Waals surface area contributed by atoms with E-state index in [1.165, 1.54) is 30.2 Å². The van der Waals surface area contributed by atoms with Crippen molar-refractivity contribution in [2.45, 2.75) is 6.54 Å². The lowest BCUT2D eigenvalue weighted by Crippen LogP contribution is -2.37. The van der Waals surface area contributed by atoms with Crippen LogP contribution in [-0.4, -0.2) is 49.7 Å². The van der Waals surface area contributed by atoms with E-state index in [1.807, 2.05) is 12.1 Å². The molecule has 1 aromatic rings. The average Bonchev–Trinajstić information content (AvgIpc) is 2.45. The molecule has 5 heteroatoms. The molecule has 3 nitrogen and oxygen atoms in total. The minimum atomic E-state index is 0.676. The van der Waals surface area contributed by atoms with Gasteiger partial charge >= 0.3 is 0 Å². The van der Waals surface area contributed by atoms with Crippen LogP contribution >= 0.6 is 23.4 Å². The summed E-state index contributed by atoms with van der Waals surface area (Å²) in [5, 5.41) is 4.14. The first-order valence-electron chi connectivity index (χ1n) is 6.63. The molecule has 0 aliphatic carbocycles. The Kier molecular flexibility index (Phi) is 6.31. The van der Waals surface area contributed by atoms with Gasteiger partial charge in [0.15, 0.2) is 0 Å². The van der Waals surface area contributed by atoms with Gasteiger partial charge in [0.25, 0.3) is 0 Å². The van der Waals surface area contributed by atoms with Crippen LogP contribution < -0.4 is 10.1 Å². The summed E-state index contributed by atoms with van der Waals surface area (Å²) in [4.78, 5) is 2.52. The van der Waals surface area contributed by atoms with Crippen molar-refractivity contribution in [3.8, 4) is 5.75 Å². The second-order valence-electron chi connectivity index (χ2n) is 4.60. The molecule has 0 unspecified atom stereocenters. The highest BCUT2D eigenvalue weighted by Gasteiger charge is 2.09. The number of hydrogen-bond acceptors (Lipinski definition) is 4. The van der Waals surface area contributed by atoms with Gasteiger partial charge in [0, 0.05) is 44.2 Å². The minimum Gasteiger partial charge on any atom is -0.495 e. The summed E-state index contributed by atoms with van der Waals surface area (Å²) in [6.07, 6.45) is 0. The number of nitrogens with zero attached hydrogens (tertiary/aromatic N) is 1. The van der Waals surface area contributed by atoms with Gasteiger partial charge < -0.3 is 15.0 Å². The molecule has 0 bridgehead atoms. The number of halogens is 1. The highest BCUT2D eigenvalue weighted by molar-refractivity contribution is 7.99. The van der Waals surface area contributed by atoms with Gasteiger partial charge in [-0.25, -0.2) is 0 Å². The summed E-state index contributed by atoms with van der Waals surface area (Å²) < 4.78 is 5.14. The lowest BCUT2D eigenvalue weighted by atomic mass is 10.2. The number of nitrogens with one attached hydrogen (secondary N) is 1. The fourth-order valence-corrected chi connectivity index (χ4v) is 3.37. The number of benzene rings is 1. The van der Waals surface area contributed by atoms with Crippen molar-refractivity contribution >= 4 is 23.4 Å². The summed E-state index contributed by atoms with van der Waals surface area (Å²) in [5.41, 5.74) is 1.19. The monoisotopic (exact) mass is 300 g/mol. The topological polar surface area (TPSA) is 24.5 Å². The fourth-order valence-electron chi connectivity index (χ4n) is 2.11. The van der Waals surface area contributed by atoms with Gasteiger partial charge in [-0.15, -0.1) is 0 Å². The van der Waals surface area contributed by atoms with E-state index in [0.717, 1.165) is 25.4 Å². The van der Waals surface area contributed by atoms with E-state index in [0.29, 0.717) is 5.02 Å². The van der Waals surface area contributed by atoms with Crippen LogP contribution in [0.2, 0.25) is 5.02 Å². The summed E-state index contributed by atoms with van der Waals surface area (Å²) in [6.45, 7) is 5.45. The van der Waals surface area contributed by atoms with E-state index in [-0.39, 0.29) is 0 Å². The Morgan fingerprint density at radius 3 is 2.84 bits per heavy atom. The maximum Gasteiger partial charge on any atom is 0.137 e. The van der Waals surface area contributed by atoms with E-state index in [2.05, 4.69) is 28.0 Å². The van der Waals surface area contributed by atoms with Crippen LogP contribution in [0, 0.1) is 0 Å². The molecule has 1 saturated heterocycles. The fraction of sp³-hybridized carbons (Fsp3) is 0.571. The van der Waals surface area contributed by atoms with Gasteiger partial charge in [0.1, 0.15) is 5.75 Å². The molecular formula is C14H21ClN2OS. The van der Waals surface area contributed by atoms with Gasteiger partial charge in [-0.1, -0.05) is 17.7 Å². The normalized spacial score (nSPS) is 16.5. The van der Waals surface area contributed by atoms with Gasteiger partial charge in [-0.3, -0.25) is 0 Å². The predicted molar refractivity (Wildman–Crippen MR) is 83.5 cm³/mol. The molecule has 0 aromatic heterocycles. The summed E-state index contributed by atoms with van der Waals surface area (Å²) in [5.74, 6) is 3.28. The second-order valence-corrected chi connectivity index (χ2v) is 6.23. The maximum absolute atomic E-state index is 6.10. The van der Waals surface area contributed by atoms with Gasteiger partial charge in [0.2, 0.25) is 0 Å². The number of ether oxygens (including phenoxy) is 1. The lowest BCUT2D eigenvalue weighted by Gasteiger charge is -2.26. The molecule has 1 N–H and O–H groups in total. The predicted octanol–water partition coefficient (Wildman–Crippen LogP) is 2.49. The van der Waals surface area contributed by atoms with Crippen LogP contribution in [0.25, 0.3) is 0 Å². The van der Waals surface area contributed by atoms with E-state index < -0.39 is 0 Å². The third-order valence-electron chi connectivity index (χ3n) is 3.25. The molecule has 0 atom stereocenters. The maximum atomic E-state index is 6.10. The summed E-state index contributed by atoms with van der Waals surface area (Å²) in [6, 6.07) is 5.93. The first kappa shape index (κ1) is 15.0. The quantitative estimate of drug-likeness (QED) is 0.816. The molecule has 0 amide bonds. The van der Waals surface area contributed by atoms with E-state index in [4.69, 9.17) is 16.3 Å². The lowest BCUT2D eigenvalue weighted by molar-refractivity contribution is 0.301. The molecule has 0 saturated carbocycles. The molecule has 106 valence electrons. The Labute approximate surface area is 124 Å². The molecule has 19 heavy (non-hydrogen) atoms. The standard InChI is InChI=1S/C14H21ClN2OS/c1-18-14-3-2-12(10-13(14)15)11-16-4-5-17-6-8-19-9-7-17/h2-3,10,16H,4-9,11H2,1H3. The third-order valence-corrected chi connectivity index (χ3v) is 4.49. The number of rotatable bonds is 6. The van der Waals surface area contributed by atoms with E-state index in [1.54, 1.807) is 7.11 Å². The zero-order chi connectivity index (χ0) is 13.5. The molecule has 1 fully saturated rings. The van der Waals surface area contributed by atoms with Gasteiger partial charge in [0.05, 0.1) is 12.1 Å². The van der Waals surface area contributed by atoms with Crippen molar-refractivity contribution < 1.29 is 4.74 Å². The van der Waals surface area contributed by atoms with Crippen molar-refractivity contribution in [1.82, 2.24) is 10.2 Å². The Bertz CT molecular complexity index is 397. The number of thioether (sulfide) groups is 1. The smallest absolute Gasteiger partial charge is 0.137 e. The number of methoxy groups -OCH3 is 1. The van der Waals surface area contributed by atoms with Crippen molar-refractivity contribution in [2.24, 2.45) is 0 Å². The molecule has 1 heterocycles. The van der Waals surface area contributed by atoms with Crippen LogP contribution in [-0.2, 0) is 6.54 Å². The van der Waals surface area contributed by atoms with Gasteiger partial charge in [-0.2, -0.15) is 11.8 Å². The Morgan fingerprint density at radius 2 is 2.16 bits per heavy atom. The van der Waals surface area contributed by atoms with Crippen molar-refractivity contribution in [1.29, 1.82) is 0 Å². The molecule has 2 rings (SSSR count). The van der Waals surface area contributed by atoms with E-state index >= 15 is 0 Å². The van der Waals surface area contributed by atoms with Crippen LogP contribution in [0.3, 0.4) is 0 Å². The Balaban J connectivity index is 1.69. The average molecular weight is 301 g/mol. The van der Waals surface area contributed by atoms with Crippen molar-refractivity contribution in [3.63, 3.8) is 0 Å². The molecule has 0 spiro atoms. The zero-order valence-corrected chi connectivity index (χ0v) is 12.9. The second kappa shape index (κ2) is 8.00. The SMILES string of the molecule is COc1ccc(CNCCN2CCSCC2)cc1Cl. The largest absolute Gasteiger partial charge is 0.495 e. The molecule has 1 aliphatic heterocycles. The molecule has 1 aromatic carbocycles. The third kappa shape index (κ3) is 4.88. The van der Waals surface area contributed by atoms with Crippen LogP contribution in [0.15, 0.2) is 18.2 Å². The molecular weight excluding hydrogens is 280 g/mol. The minimum absolute atomic E-state index is 0.676. The zero-order valence-electron chi connectivity index (χ0n) is 11.3. The van der Waals surface area contributed by atoms with Crippen molar-refractivity contribution in [3.05, 3.63) is 28.8 Å². The highest BCUT2D eigenvalue weighted by atomic mass is 35.5. The van der Waals surface area contributed by atoms with Gasteiger partial charge in [-0.05, 0) is 17.7 Å². The number of hydrogen-bond donors (Lipinski definition) is 1. The highest BCUT2D eigenvalue weighted by Crippen LogP contribution is 2.24. The first-order chi connectivity index (χ1) is 9.29. The summed E-state index contributed by atoms with van der Waals surface area (Å²) >= 11 is 8.15. The van der Waals surface area contributed by atoms with E-state index in [9.17, 15) is 0 Å². The molecule has 1 aliphatic rings. The molecule has 0 radical (unpaired) electrons. The van der Waals surface area contributed by atoms with Crippen molar-refractivity contribution in [2.75, 3.05) is 44.8 Å².